The Labute approximate surface area is 448 Å². The third kappa shape index (κ3) is 58.1. The standard InChI is InChI=1S/C63H110NO8P/c1-3-5-7-9-11-13-15-17-19-21-23-25-27-28-29-30-31-32-34-36-38-40-42-44-46-48-50-52-54-56-63(66)72-61(60-71-73(67,68)70-58-57-64)59-69-62(65)55-53-51-49-47-45-43-41-39-37-35-33-26-24-22-20-18-16-14-12-10-8-6-4-2/h5,7,11,13,16-19,22-25,28-29,33,35,61H,3-4,6,8-10,12,14-15,20-21,26-27,30-32,34,36-60,64H2,1-2H3,(H,67,68)/b7-5-,13-11-,18-16-,19-17-,24-22-,25-23-,29-28-,35-33-. The number of allylic oxidation sites excluding steroid dienone is 16. The van der Waals surface area contributed by atoms with Gasteiger partial charge in [-0.25, -0.2) is 4.57 Å². The lowest BCUT2D eigenvalue weighted by atomic mass is 10.0. The number of phosphoric acid groups is 1. The molecule has 3 N–H and O–H groups in total. The van der Waals surface area contributed by atoms with E-state index in [0.29, 0.717) is 6.42 Å². The van der Waals surface area contributed by atoms with Gasteiger partial charge in [-0.15, -0.1) is 0 Å². The summed E-state index contributed by atoms with van der Waals surface area (Å²) in [7, 11) is -4.40. The number of nitrogens with two attached hydrogens (primary N) is 1. The molecule has 0 spiro atoms. The summed E-state index contributed by atoms with van der Waals surface area (Å²) in [6.45, 7) is 3.62. The van der Waals surface area contributed by atoms with E-state index in [0.717, 1.165) is 96.3 Å². The lowest BCUT2D eigenvalue weighted by Gasteiger charge is -2.19. The number of rotatable bonds is 55. The van der Waals surface area contributed by atoms with Gasteiger partial charge >= 0.3 is 19.8 Å². The average molecular weight is 1040 g/mol. The predicted molar refractivity (Wildman–Crippen MR) is 312 cm³/mol. The number of esters is 2. The Morgan fingerprint density at radius 1 is 0.425 bits per heavy atom. The summed E-state index contributed by atoms with van der Waals surface area (Å²) in [5.41, 5.74) is 5.38. The topological polar surface area (TPSA) is 134 Å². The first-order valence-electron chi connectivity index (χ1n) is 29.7. The maximum Gasteiger partial charge on any atom is 0.472 e. The van der Waals surface area contributed by atoms with Gasteiger partial charge in [-0.1, -0.05) is 246 Å². The van der Waals surface area contributed by atoms with Crippen molar-refractivity contribution in [2.75, 3.05) is 26.4 Å². The summed E-state index contributed by atoms with van der Waals surface area (Å²) in [6, 6.07) is 0. The molecule has 2 unspecified atom stereocenters. The third-order valence-corrected chi connectivity index (χ3v) is 13.4. The highest BCUT2D eigenvalue weighted by Crippen LogP contribution is 2.43. The van der Waals surface area contributed by atoms with Crippen LogP contribution in [0.3, 0.4) is 0 Å². The van der Waals surface area contributed by atoms with Crippen molar-refractivity contribution in [3.63, 3.8) is 0 Å². The molecule has 0 saturated carbocycles. The molecule has 0 saturated heterocycles. The van der Waals surface area contributed by atoms with Gasteiger partial charge in [0.2, 0.25) is 0 Å². The molecular weight excluding hydrogens is 930 g/mol. The normalized spacial score (nSPS) is 13.8. The quantitative estimate of drug-likeness (QED) is 0.0264. The van der Waals surface area contributed by atoms with Gasteiger partial charge in [-0.3, -0.25) is 18.6 Å². The first kappa shape index (κ1) is 69.9. The minimum absolute atomic E-state index is 0.0482. The molecule has 0 aliphatic heterocycles. The minimum atomic E-state index is -4.40. The lowest BCUT2D eigenvalue weighted by molar-refractivity contribution is -0.161. The Bertz CT molecular complexity index is 1510. The Morgan fingerprint density at radius 2 is 0.753 bits per heavy atom. The van der Waals surface area contributed by atoms with E-state index in [-0.39, 0.29) is 38.6 Å². The van der Waals surface area contributed by atoms with Crippen LogP contribution >= 0.6 is 7.82 Å². The second kappa shape index (κ2) is 58.2. The van der Waals surface area contributed by atoms with E-state index in [9.17, 15) is 19.0 Å². The summed E-state index contributed by atoms with van der Waals surface area (Å²) in [5, 5.41) is 0. The fourth-order valence-electron chi connectivity index (χ4n) is 8.08. The van der Waals surface area contributed by atoms with E-state index in [2.05, 4.69) is 111 Å². The van der Waals surface area contributed by atoms with Crippen LogP contribution in [-0.4, -0.2) is 49.3 Å². The summed E-state index contributed by atoms with van der Waals surface area (Å²) in [6.07, 6.45) is 77.4. The number of phosphoric ester groups is 1. The summed E-state index contributed by atoms with van der Waals surface area (Å²) in [5.74, 6) is -0.837. The SMILES string of the molecule is CC/C=C\C/C=C\C/C=C\C/C=C\C/C=C\CCCCCCCCCCCCCCCC(=O)OC(COC(=O)CCCCCCCCCC/C=C\C/C=C\C/C=C\CCCCCCC)COP(=O)(O)OCCN. The molecule has 10 heteroatoms. The van der Waals surface area contributed by atoms with Crippen LogP contribution in [0.15, 0.2) is 97.2 Å². The zero-order valence-electron chi connectivity index (χ0n) is 46.8. The molecule has 0 radical (unpaired) electrons. The summed E-state index contributed by atoms with van der Waals surface area (Å²) < 4.78 is 33.1. The number of carbonyl (C=O) groups excluding carboxylic acids is 2. The number of hydrogen-bond donors (Lipinski definition) is 2. The first-order chi connectivity index (χ1) is 35.8. The number of hydrogen-bond acceptors (Lipinski definition) is 8. The third-order valence-electron chi connectivity index (χ3n) is 12.5. The average Bonchev–Trinajstić information content (AvgIpc) is 3.38. The van der Waals surface area contributed by atoms with Gasteiger partial charge in [0.05, 0.1) is 13.2 Å². The van der Waals surface area contributed by atoms with E-state index in [1.54, 1.807) is 0 Å². The van der Waals surface area contributed by atoms with Crippen molar-refractivity contribution in [3.8, 4) is 0 Å². The molecule has 73 heavy (non-hydrogen) atoms. The Balaban J connectivity index is 3.99. The molecule has 0 aromatic carbocycles. The molecule has 0 rings (SSSR count). The van der Waals surface area contributed by atoms with Crippen molar-refractivity contribution in [2.24, 2.45) is 5.73 Å². The highest BCUT2D eigenvalue weighted by atomic mass is 31.2. The second-order valence-electron chi connectivity index (χ2n) is 19.5. The highest BCUT2D eigenvalue weighted by Gasteiger charge is 2.26. The van der Waals surface area contributed by atoms with Crippen molar-refractivity contribution < 1.29 is 37.6 Å². The van der Waals surface area contributed by atoms with Gasteiger partial charge in [-0.2, -0.15) is 0 Å². The van der Waals surface area contributed by atoms with E-state index in [4.69, 9.17) is 24.3 Å². The van der Waals surface area contributed by atoms with Crippen molar-refractivity contribution in [1.82, 2.24) is 0 Å². The molecule has 2 atom stereocenters. The van der Waals surface area contributed by atoms with Gasteiger partial charge in [0.1, 0.15) is 6.61 Å². The van der Waals surface area contributed by atoms with Crippen LogP contribution in [0, 0.1) is 0 Å². The van der Waals surface area contributed by atoms with Crippen molar-refractivity contribution in [2.45, 2.75) is 264 Å². The van der Waals surface area contributed by atoms with Gasteiger partial charge in [0.25, 0.3) is 0 Å². The van der Waals surface area contributed by atoms with Crippen LogP contribution in [-0.2, 0) is 32.7 Å². The Kier molecular flexibility index (Phi) is 55.7. The lowest BCUT2D eigenvalue weighted by Crippen LogP contribution is -2.29. The largest absolute Gasteiger partial charge is 0.472 e. The van der Waals surface area contributed by atoms with Crippen LogP contribution in [0.2, 0.25) is 0 Å². The van der Waals surface area contributed by atoms with Gasteiger partial charge < -0.3 is 20.1 Å². The van der Waals surface area contributed by atoms with Gasteiger partial charge in [0.15, 0.2) is 6.10 Å². The predicted octanol–water partition coefficient (Wildman–Crippen LogP) is 18.8. The van der Waals surface area contributed by atoms with Crippen molar-refractivity contribution >= 4 is 19.8 Å². The van der Waals surface area contributed by atoms with E-state index in [1.807, 2.05) is 0 Å². The van der Waals surface area contributed by atoms with Crippen LogP contribution in [0.25, 0.3) is 0 Å². The fourth-order valence-corrected chi connectivity index (χ4v) is 8.85. The molecule has 0 aliphatic carbocycles. The van der Waals surface area contributed by atoms with Crippen molar-refractivity contribution in [3.05, 3.63) is 97.2 Å². The monoisotopic (exact) mass is 1040 g/mol. The maximum absolute atomic E-state index is 12.7. The number of unbranched alkanes of at least 4 members (excludes halogenated alkanes) is 26. The Hall–Kier alpha value is -3.07. The summed E-state index contributed by atoms with van der Waals surface area (Å²) in [4.78, 5) is 35.2. The molecule has 420 valence electrons. The molecule has 0 fully saturated rings. The highest BCUT2D eigenvalue weighted by molar-refractivity contribution is 7.47. The zero-order valence-corrected chi connectivity index (χ0v) is 47.7. The second-order valence-corrected chi connectivity index (χ2v) is 20.9. The van der Waals surface area contributed by atoms with E-state index in [1.165, 1.54) is 128 Å². The summed E-state index contributed by atoms with van der Waals surface area (Å²) >= 11 is 0. The molecular formula is C63H110NO8P. The van der Waals surface area contributed by atoms with Crippen molar-refractivity contribution in [1.29, 1.82) is 0 Å². The smallest absolute Gasteiger partial charge is 0.462 e. The maximum atomic E-state index is 12.7. The van der Waals surface area contributed by atoms with E-state index < -0.39 is 26.5 Å². The molecule has 0 aromatic heterocycles. The molecule has 0 heterocycles. The molecule has 9 nitrogen and oxygen atoms in total. The Morgan fingerprint density at radius 3 is 1.12 bits per heavy atom. The van der Waals surface area contributed by atoms with E-state index >= 15 is 0 Å². The fraction of sp³-hybridized carbons (Fsp3) is 0.714. The first-order valence-corrected chi connectivity index (χ1v) is 31.2. The molecule has 0 aliphatic rings. The van der Waals surface area contributed by atoms with Crippen LogP contribution < -0.4 is 5.73 Å². The molecule has 0 aromatic rings. The zero-order chi connectivity index (χ0) is 53.1. The van der Waals surface area contributed by atoms with Crippen LogP contribution in [0.5, 0.6) is 0 Å². The molecule has 0 bridgehead atoms. The molecule has 0 amide bonds. The number of ether oxygens (including phenoxy) is 2. The minimum Gasteiger partial charge on any atom is -0.462 e. The number of carbonyl (C=O) groups is 2. The van der Waals surface area contributed by atoms with Crippen LogP contribution in [0.1, 0.15) is 258 Å². The van der Waals surface area contributed by atoms with Gasteiger partial charge in [-0.05, 0) is 96.3 Å². The van der Waals surface area contributed by atoms with Gasteiger partial charge in [0, 0.05) is 19.4 Å². The van der Waals surface area contributed by atoms with Crippen LogP contribution in [0.4, 0.5) is 0 Å².